The fraction of sp³-hybridized carbons (Fsp3) is 1.00. The van der Waals surface area contributed by atoms with Crippen LogP contribution in [0.3, 0.4) is 0 Å². The summed E-state index contributed by atoms with van der Waals surface area (Å²) < 4.78 is 5.84. The molecule has 0 amide bonds. The maximum absolute atomic E-state index is 6.11. The summed E-state index contributed by atoms with van der Waals surface area (Å²) in [4.78, 5) is 6.11. The lowest BCUT2D eigenvalue weighted by Gasteiger charge is -2.39. The van der Waals surface area contributed by atoms with Crippen molar-refractivity contribution < 1.29 is 9.57 Å². The zero-order chi connectivity index (χ0) is 13.4. The van der Waals surface area contributed by atoms with Gasteiger partial charge in [0, 0.05) is 6.54 Å². The molecule has 108 valence electrons. The van der Waals surface area contributed by atoms with Gasteiger partial charge in [0.2, 0.25) is 0 Å². The summed E-state index contributed by atoms with van der Waals surface area (Å²) in [6.45, 7) is 10.4. The van der Waals surface area contributed by atoms with Gasteiger partial charge in [-0.05, 0) is 32.6 Å². The van der Waals surface area contributed by atoms with E-state index in [2.05, 4.69) is 27.7 Å². The predicted molar refractivity (Wildman–Crippen MR) is 75.2 cm³/mol. The van der Waals surface area contributed by atoms with Crippen LogP contribution in [-0.4, -0.2) is 30.5 Å². The Kier molecular flexibility index (Phi) is 7.87. The number of hydrogen-bond acceptors (Lipinski definition) is 3. The van der Waals surface area contributed by atoms with Crippen LogP contribution in [0.25, 0.3) is 0 Å². The van der Waals surface area contributed by atoms with Gasteiger partial charge in [0.1, 0.15) is 12.3 Å². The Morgan fingerprint density at radius 1 is 1.11 bits per heavy atom. The molecule has 3 nitrogen and oxygen atoms in total. The van der Waals surface area contributed by atoms with E-state index in [0.717, 1.165) is 13.2 Å². The minimum atomic E-state index is 0.101. The van der Waals surface area contributed by atoms with E-state index in [-0.39, 0.29) is 12.3 Å². The summed E-state index contributed by atoms with van der Waals surface area (Å²) in [5.74, 6) is 0.659. The van der Waals surface area contributed by atoms with E-state index in [1.54, 1.807) is 0 Å². The molecule has 0 N–H and O–H groups in total. The van der Waals surface area contributed by atoms with Crippen molar-refractivity contribution in [3.8, 4) is 0 Å². The molecular formula is C15H31NO2. The molecule has 2 unspecified atom stereocenters. The maximum Gasteiger partial charge on any atom is 0.130 e. The van der Waals surface area contributed by atoms with Gasteiger partial charge in [-0.15, -0.1) is 0 Å². The first-order valence-corrected chi connectivity index (χ1v) is 7.77. The van der Waals surface area contributed by atoms with E-state index >= 15 is 0 Å². The van der Waals surface area contributed by atoms with E-state index < -0.39 is 0 Å². The van der Waals surface area contributed by atoms with Crippen molar-refractivity contribution in [2.75, 3.05) is 13.2 Å². The average molecular weight is 257 g/mol. The quantitative estimate of drug-likeness (QED) is 0.656. The fourth-order valence-corrected chi connectivity index (χ4v) is 2.61. The highest BCUT2D eigenvalue weighted by Gasteiger charge is 2.31. The molecule has 2 atom stereocenters. The van der Waals surface area contributed by atoms with Crippen molar-refractivity contribution in [3.05, 3.63) is 0 Å². The Morgan fingerprint density at radius 2 is 1.72 bits per heavy atom. The Morgan fingerprint density at radius 3 is 2.22 bits per heavy atom. The van der Waals surface area contributed by atoms with Crippen LogP contribution in [0.2, 0.25) is 0 Å². The highest BCUT2D eigenvalue weighted by atomic mass is 16.7. The first kappa shape index (κ1) is 15.9. The van der Waals surface area contributed by atoms with Crippen molar-refractivity contribution >= 4 is 0 Å². The molecule has 0 spiro atoms. The number of unbranched alkanes of at least 4 members (excludes halogenated alkanes) is 2. The second-order valence-corrected chi connectivity index (χ2v) is 5.35. The summed E-state index contributed by atoms with van der Waals surface area (Å²) in [5.41, 5.74) is 0. The average Bonchev–Trinajstić information content (AvgIpc) is 2.40. The third kappa shape index (κ3) is 4.87. The summed E-state index contributed by atoms with van der Waals surface area (Å²) in [6.07, 6.45) is 8.05. The van der Waals surface area contributed by atoms with Gasteiger partial charge in [-0.1, -0.05) is 39.5 Å². The molecule has 0 aliphatic carbocycles. The minimum absolute atomic E-state index is 0.101. The zero-order valence-electron chi connectivity index (χ0n) is 12.7. The molecule has 1 aliphatic heterocycles. The van der Waals surface area contributed by atoms with Gasteiger partial charge in [0.25, 0.3) is 0 Å². The summed E-state index contributed by atoms with van der Waals surface area (Å²) in [7, 11) is 0. The third-order valence-electron chi connectivity index (χ3n) is 3.87. The zero-order valence-corrected chi connectivity index (χ0v) is 12.7. The van der Waals surface area contributed by atoms with E-state index in [1.165, 1.54) is 38.5 Å². The lowest BCUT2D eigenvalue weighted by atomic mass is 9.91. The second-order valence-electron chi connectivity index (χ2n) is 5.35. The van der Waals surface area contributed by atoms with E-state index in [4.69, 9.17) is 9.57 Å². The molecule has 0 aromatic rings. The smallest absolute Gasteiger partial charge is 0.130 e. The van der Waals surface area contributed by atoms with Crippen molar-refractivity contribution in [1.29, 1.82) is 0 Å². The van der Waals surface area contributed by atoms with Gasteiger partial charge in [-0.3, -0.25) is 4.84 Å². The van der Waals surface area contributed by atoms with Crippen LogP contribution in [0.1, 0.15) is 66.2 Å². The van der Waals surface area contributed by atoms with Crippen LogP contribution in [0.15, 0.2) is 0 Å². The molecule has 0 aromatic heterocycles. The molecule has 0 aromatic carbocycles. The van der Waals surface area contributed by atoms with Crippen LogP contribution in [0, 0.1) is 5.92 Å². The number of nitrogens with zero attached hydrogens (tertiary/aromatic N) is 1. The van der Waals surface area contributed by atoms with Crippen molar-refractivity contribution in [2.24, 2.45) is 5.92 Å². The molecule has 0 radical (unpaired) electrons. The van der Waals surface area contributed by atoms with Gasteiger partial charge in [0.05, 0.1) is 6.61 Å². The SMILES string of the molecule is CCCCC(CCCC)C1COC(C)N(CC)O1. The van der Waals surface area contributed by atoms with E-state index in [9.17, 15) is 0 Å². The first-order valence-electron chi connectivity index (χ1n) is 7.77. The topological polar surface area (TPSA) is 21.7 Å². The summed E-state index contributed by atoms with van der Waals surface area (Å²) >= 11 is 0. The lowest BCUT2D eigenvalue weighted by Crippen LogP contribution is -2.48. The van der Waals surface area contributed by atoms with Crippen molar-refractivity contribution in [3.63, 3.8) is 0 Å². The Hall–Kier alpha value is -0.120. The Balaban J connectivity index is 2.49. The number of ether oxygens (including phenoxy) is 1. The molecule has 18 heavy (non-hydrogen) atoms. The van der Waals surface area contributed by atoms with E-state index in [0.29, 0.717) is 5.92 Å². The Labute approximate surface area is 113 Å². The largest absolute Gasteiger partial charge is 0.359 e. The van der Waals surface area contributed by atoms with E-state index in [1.807, 2.05) is 5.06 Å². The molecular weight excluding hydrogens is 226 g/mol. The highest BCUT2D eigenvalue weighted by molar-refractivity contribution is 4.73. The van der Waals surface area contributed by atoms with Gasteiger partial charge in [-0.25, -0.2) is 0 Å². The third-order valence-corrected chi connectivity index (χ3v) is 3.87. The van der Waals surface area contributed by atoms with Crippen molar-refractivity contribution in [1.82, 2.24) is 5.06 Å². The van der Waals surface area contributed by atoms with Crippen LogP contribution in [0.5, 0.6) is 0 Å². The molecule has 1 aliphatic rings. The molecule has 3 heteroatoms. The van der Waals surface area contributed by atoms with Gasteiger partial charge >= 0.3 is 0 Å². The minimum Gasteiger partial charge on any atom is -0.359 e. The molecule has 1 rings (SSSR count). The van der Waals surface area contributed by atoms with Gasteiger partial charge < -0.3 is 4.74 Å². The molecule has 0 bridgehead atoms. The van der Waals surface area contributed by atoms with Crippen LogP contribution < -0.4 is 0 Å². The normalized spacial score (nSPS) is 25.8. The van der Waals surface area contributed by atoms with Crippen LogP contribution in [0.4, 0.5) is 0 Å². The van der Waals surface area contributed by atoms with Gasteiger partial charge in [0.15, 0.2) is 0 Å². The first-order chi connectivity index (χ1) is 8.72. The monoisotopic (exact) mass is 257 g/mol. The number of hydroxylamine groups is 2. The predicted octanol–water partition coefficient (Wildman–Crippen LogP) is 3.98. The standard InChI is InChI=1S/C15H31NO2/c1-5-8-10-14(11-9-6-2)15-12-17-13(4)16(7-3)18-15/h13-15H,5-12H2,1-4H3. The summed E-state index contributed by atoms with van der Waals surface area (Å²) in [6, 6.07) is 0. The second kappa shape index (κ2) is 8.89. The fourth-order valence-electron chi connectivity index (χ4n) is 2.61. The molecule has 1 heterocycles. The molecule has 0 saturated carbocycles. The van der Waals surface area contributed by atoms with Crippen molar-refractivity contribution in [2.45, 2.75) is 78.6 Å². The van der Waals surface area contributed by atoms with Crippen LogP contribution in [-0.2, 0) is 9.57 Å². The Bertz CT molecular complexity index is 200. The van der Waals surface area contributed by atoms with Crippen LogP contribution >= 0.6 is 0 Å². The maximum atomic E-state index is 6.11. The molecule has 1 saturated heterocycles. The molecule has 1 fully saturated rings. The number of hydrogen-bond donors (Lipinski definition) is 0. The summed E-state index contributed by atoms with van der Waals surface area (Å²) in [5, 5.41) is 1.99. The van der Waals surface area contributed by atoms with Gasteiger partial charge in [-0.2, -0.15) is 5.06 Å². The highest BCUT2D eigenvalue weighted by Crippen LogP contribution is 2.26. The lowest BCUT2D eigenvalue weighted by molar-refractivity contribution is -0.333. The number of rotatable bonds is 8.